The van der Waals surface area contributed by atoms with Gasteiger partial charge in [0.1, 0.15) is 5.75 Å². The summed E-state index contributed by atoms with van der Waals surface area (Å²) in [6, 6.07) is 16.0. The molecule has 0 aromatic heterocycles. The third-order valence-electron chi connectivity index (χ3n) is 5.00. The molecule has 2 amide bonds. The maximum Gasteiger partial charge on any atom is 0.325 e. The van der Waals surface area contributed by atoms with Crippen LogP contribution in [0.4, 0.5) is 10.5 Å². The minimum absolute atomic E-state index is 0.00126. The van der Waals surface area contributed by atoms with E-state index in [1.54, 1.807) is 4.90 Å². The van der Waals surface area contributed by atoms with Gasteiger partial charge in [-0.3, -0.25) is 4.90 Å². The van der Waals surface area contributed by atoms with Gasteiger partial charge < -0.3 is 10.1 Å². The quantitative estimate of drug-likeness (QED) is 0.879. The lowest BCUT2D eigenvalue weighted by Crippen LogP contribution is -2.65. The molecule has 1 N–H and O–H groups in total. The maximum atomic E-state index is 12.8. The Hall–Kier alpha value is -2.49. The van der Waals surface area contributed by atoms with Crippen molar-refractivity contribution >= 4 is 11.7 Å². The van der Waals surface area contributed by atoms with E-state index in [0.717, 1.165) is 23.4 Å². The number of hydrogen-bond donors (Lipinski definition) is 1. The van der Waals surface area contributed by atoms with E-state index in [4.69, 9.17) is 4.74 Å². The first-order chi connectivity index (χ1) is 11.5. The van der Waals surface area contributed by atoms with E-state index < -0.39 is 5.72 Å². The summed E-state index contributed by atoms with van der Waals surface area (Å²) in [6.07, 6.45) is 0.724. The Balaban J connectivity index is 1.74. The second-order valence-electron chi connectivity index (χ2n) is 7.10. The Labute approximate surface area is 142 Å². The van der Waals surface area contributed by atoms with Crippen LogP contribution in [0, 0.1) is 0 Å². The molecule has 2 unspecified atom stereocenters. The summed E-state index contributed by atoms with van der Waals surface area (Å²) in [4.78, 5) is 14.5. The highest BCUT2D eigenvalue weighted by atomic mass is 16.5. The molecular formula is C20H22N2O2. The van der Waals surface area contributed by atoms with Crippen LogP contribution in [0.3, 0.4) is 0 Å². The van der Waals surface area contributed by atoms with Gasteiger partial charge in [0.25, 0.3) is 0 Å². The van der Waals surface area contributed by atoms with Crippen molar-refractivity contribution < 1.29 is 9.53 Å². The van der Waals surface area contributed by atoms with E-state index in [0.29, 0.717) is 5.92 Å². The van der Waals surface area contributed by atoms with Crippen LogP contribution >= 0.6 is 0 Å². The highest BCUT2D eigenvalue weighted by molar-refractivity contribution is 5.94. The Morgan fingerprint density at radius 2 is 1.88 bits per heavy atom. The third kappa shape index (κ3) is 2.25. The number of fused-ring (bicyclic) bond motifs is 4. The van der Waals surface area contributed by atoms with Gasteiger partial charge >= 0.3 is 6.03 Å². The summed E-state index contributed by atoms with van der Waals surface area (Å²) in [7, 11) is 0. The van der Waals surface area contributed by atoms with Crippen molar-refractivity contribution in [2.24, 2.45) is 0 Å². The first-order valence-corrected chi connectivity index (χ1v) is 8.46. The van der Waals surface area contributed by atoms with Crippen LogP contribution in [0.1, 0.15) is 50.3 Å². The lowest BCUT2D eigenvalue weighted by Gasteiger charge is -2.50. The molecule has 1 fully saturated rings. The zero-order chi connectivity index (χ0) is 16.9. The molecule has 4 nitrogen and oxygen atoms in total. The summed E-state index contributed by atoms with van der Waals surface area (Å²) in [5.74, 6) is 1.31. The molecule has 2 aliphatic heterocycles. The number of rotatable bonds is 2. The molecule has 24 heavy (non-hydrogen) atoms. The van der Waals surface area contributed by atoms with E-state index in [1.807, 2.05) is 43.3 Å². The average molecular weight is 322 g/mol. The minimum atomic E-state index is -0.680. The molecule has 4 rings (SSSR count). The second-order valence-corrected chi connectivity index (χ2v) is 7.10. The molecular weight excluding hydrogens is 300 g/mol. The Bertz CT molecular complexity index is 784. The number of nitrogens with one attached hydrogen (secondary N) is 1. The summed E-state index contributed by atoms with van der Waals surface area (Å²) in [5.41, 5.74) is 2.49. The van der Waals surface area contributed by atoms with Crippen molar-refractivity contribution in [3.8, 4) is 5.75 Å². The standard InChI is InChI=1S/C20H22N2O2/c1-13(2)14-8-10-15(11-9-14)22-19(23)21-17-12-20(22,3)24-18-7-5-4-6-16(17)18/h4-11,13,17H,12H2,1-3H3,(H,21,23). The smallest absolute Gasteiger partial charge is 0.325 e. The Kier molecular flexibility index (Phi) is 3.30. The zero-order valence-corrected chi connectivity index (χ0v) is 14.2. The molecule has 2 atom stereocenters. The van der Waals surface area contributed by atoms with Gasteiger partial charge in [-0.05, 0) is 36.6 Å². The fourth-order valence-electron chi connectivity index (χ4n) is 3.72. The molecule has 0 saturated carbocycles. The summed E-state index contributed by atoms with van der Waals surface area (Å²) >= 11 is 0. The van der Waals surface area contributed by atoms with Crippen LogP contribution < -0.4 is 15.0 Å². The van der Waals surface area contributed by atoms with Crippen LogP contribution in [-0.4, -0.2) is 11.8 Å². The highest BCUT2D eigenvalue weighted by Gasteiger charge is 2.49. The van der Waals surface area contributed by atoms with Crippen LogP contribution in [0.2, 0.25) is 0 Å². The second kappa shape index (κ2) is 5.26. The third-order valence-corrected chi connectivity index (χ3v) is 5.00. The SMILES string of the molecule is CC(C)c1ccc(N2C(=O)NC3CC2(C)Oc2ccccc23)cc1. The molecule has 2 aliphatic rings. The zero-order valence-electron chi connectivity index (χ0n) is 14.2. The van der Waals surface area contributed by atoms with E-state index in [1.165, 1.54) is 5.56 Å². The summed E-state index contributed by atoms with van der Waals surface area (Å²) in [5, 5.41) is 3.12. The van der Waals surface area contributed by atoms with E-state index in [2.05, 4.69) is 31.3 Å². The number of urea groups is 1. The molecule has 2 aromatic rings. The van der Waals surface area contributed by atoms with Gasteiger partial charge in [-0.2, -0.15) is 0 Å². The van der Waals surface area contributed by atoms with Crippen molar-refractivity contribution in [3.05, 3.63) is 59.7 Å². The number of amides is 2. The molecule has 4 heteroatoms. The number of hydrogen-bond acceptors (Lipinski definition) is 2. The van der Waals surface area contributed by atoms with Crippen molar-refractivity contribution in [2.45, 2.75) is 44.9 Å². The van der Waals surface area contributed by atoms with Crippen LogP contribution in [0.5, 0.6) is 5.75 Å². The van der Waals surface area contributed by atoms with Crippen LogP contribution in [0.15, 0.2) is 48.5 Å². The van der Waals surface area contributed by atoms with Gasteiger partial charge in [-0.25, -0.2) is 4.79 Å². The van der Waals surface area contributed by atoms with Gasteiger partial charge in [0, 0.05) is 17.7 Å². The Morgan fingerprint density at radius 3 is 2.58 bits per heavy atom. The number of benzene rings is 2. The van der Waals surface area contributed by atoms with Gasteiger partial charge in [0.05, 0.1) is 6.04 Å². The van der Waals surface area contributed by atoms with E-state index >= 15 is 0 Å². The van der Waals surface area contributed by atoms with Crippen molar-refractivity contribution in [1.82, 2.24) is 5.32 Å². The Morgan fingerprint density at radius 1 is 1.17 bits per heavy atom. The predicted molar refractivity (Wildman–Crippen MR) is 94.4 cm³/mol. The first-order valence-electron chi connectivity index (χ1n) is 8.46. The molecule has 0 aliphatic carbocycles. The van der Waals surface area contributed by atoms with Gasteiger partial charge in [0.15, 0.2) is 5.72 Å². The van der Waals surface area contributed by atoms with Crippen molar-refractivity contribution in [3.63, 3.8) is 0 Å². The number of carbonyl (C=O) groups is 1. The summed E-state index contributed by atoms with van der Waals surface area (Å²) in [6.45, 7) is 6.32. The van der Waals surface area contributed by atoms with E-state index in [-0.39, 0.29) is 12.1 Å². The number of carbonyl (C=O) groups excluding carboxylic acids is 1. The fourth-order valence-corrected chi connectivity index (χ4v) is 3.72. The van der Waals surface area contributed by atoms with Crippen molar-refractivity contribution in [1.29, 1.82) is 0 Å². The van der Waals surface area contributed by atoms with Crippen molar-refractivity contribution in [2.75, 3.05) is 4.90 Å². The number of anilines is 1. The largest absolute Gasteiger partial charge is 0.467 e. The molecule has 2 aromatic carbocycles. The molecule has 0 spiro atoms. The topological polar surface area (TPSA) is 41.6 Å². The van der Waals surface area contributed by atoms with Gasteiger partial charge in [-0.1, -0.05) is 44.2 Å². The molecule has 124 valence electrons. The molecule has 1 saturated heterocycles. The minimum Gasteiger partial charge on any atom is -0.467 e. The highest BCUT2D eigenvalue weighted by Crippen LogP contribution is 2.45. The van der Waals surface area contributed by atoms with Crippen LogP contribution in [-0.2, 0) is 0 Å². The van der Waals surface area contributed by atoms with Crippen LogP contribution in [0.25, 0.3) is 0 Å². The summed E-state index contributed by atoms with van der Waals surface area (Å²) < 4.78 is 6.27. The number of para-hydroxylation sites is 1. The lowest BCUT2D eigenvalue weighted by molar-refractivity contribution is 0.0379. The number of ether oxygens (including phenoxy) is 1. The first kappa shape index (κ1) is 15.1. The number of nitrogens with zero attached hydrogens (tertiary/aromatic N) is 1. The van der Waals surface area contributed by atoms with Gasteiger partial charge in [0.2, 0.25) is 0 Å². The molecule has 2 bridgehead atoms. The molecule has 2 heterocycles. The molecule has 0 radical (unpaired) electrons. The maximum absolute atomic E-state index is 12.8. The van der Waals surface area contributed by atoms with E-state index in [9.17, 15) is 4.79 Å². The normalized spacial score (nSPS) is 25.1. The monoisotopic (exact) mass is 322 g/mol. The average Bonchev–Trinajstić information content (AvgIpc) is 2.54. The predicted octanol–water partition coefficient (Wildman–Crippen LogP) is 4.58. The fraction of sp³-hybridized carbons (Fsp3) is 0.350. The van der Waals surface area contributed by atoms with Gasteiger partial charge in [-0.15, -0.1) is 0 Å². The lowest BCUT2D eigenvalue weighted by atomic mass is 9.90.